The topological polar surface area (TPSA) is 76.7 Å². The lowest BCUT2D eigenvalue weighted by molar-refractivity contribution is -0.123. The molecule has 2 amide bonds. The summed E-state index contributed by atoms with van der Waals surface area (Å²) in [6.07, 6.45) is 0. The van der Waals surface area contributed by atoms with Gasteiger partial charge in [0.2, 0.25) is 0 Å². The zero-order valence-corrected chi connectivity index (χ0v) is 16.1. The molecule has 0 saturated carbocycles. The first kappa shape index (κ1) is 18.7. The second kappa shape index (κ2) is 8.55. The molecular weight excluding hydrogens is 412 g/mol. The zero-order chi connectivity index (χ0) is 19.2. The first-order chi connectivity index (χ1) is 13.1. The highest BCUT2D eigenvalue weighted by Crippen LogP contribution is 2.23. The van der Waals surface area contributed by atoms with Gasteiger partial charge in [0.1, 0.15) is 11.5 Å². The number of fused-ring (bicyclic) bond motifs is 1. The normalized spacial score (nSPS) is 10.3. The van der Waals surface area contributed by atoms with Crippen molar-refractivity contribution >= 4 is 38.5 Å². The second-order valence-electron chi connectivity index (χ2n) is 5.64. The molecule has 0 aliphatic rings. The average Bonchev–Trinajstić information content (AvgIpc) is 2.70. The number of halogens is 1. The van der Waals surface area contributed by atoms with E-state index >= 15 is 0 Å². The number of carbonyl (C=O) groups excluding carboxylic acids is 2. The number of hydrazine groups is 1. The number of nitrogens with one attached hydrogen (secondary N) is 2. The molecule has 0 heterocycles. The monoisotopic (exact) mass is 428 g/mol. The Hall–Kier alpha value is -3.06. The molecule has 0 unspecified atom stereocenters. The molecule has 0 atom stereocenters. The van der Waals surface area contributed by atoms with Crippen LogP contribution in [0, 0.1) is 0 Å². The van der Waals surface area contributed by atoms with E-state index in [2.05, 4.69) is 26.8 Å². The Kier molecular flexibility index (Phi) is 5.93. The van der Waals surface area contributed by atoms with Crippen LogP contribution in [0.25, 0.3) is 10.8 Å². The van der Waals surface area contributed by atoms with E-state index in [1.807, 2.05) is 36.4 Å². The second-order valence-corrected chi connectivity index (χ2v) is 6.56. The van der Waals surface area contributed by atoms with Gasteiger partial charge in [-0.05, 0) is 41.1 Å². The van der Waals surface area contributed by atoms with E-state index in [0.717, 1.165) is 15.2 Å². The number of methoxy groups -OCH3 is 1. The summed E-state index contributed by atoms with van der Waals surface area (Å²) < 4.78 is 11.4. The largest absolute Gasteiger partial charge is 0.496 e. The number of amides is 2. The van der Waals surface area contributed by atoms with Gasteiger partial charge < -0.3 is 9.47 Å². The van der Waals surface area contributed by atoms with E-state index in [1.165, 1.54) is 7.11 Å². The Bertz CT molecular complexity index is 991. The van der Waals surface area contributed by atoms with E-state index < -0.39 is 11.8 Å². The Balaban J connectivity index is 1.54. The van der Waals surface area contributed by atoms with Crippen LogP contribution >= 0.6 is 15.9 Å². The number of carbonyl (C=O) groups is 2. The molecule has 3 rings (SSSR count). The van der Waals surface area contributed by atoms with Crippen LogP contribution in [0.4, 0.5) is 0 Å². The third-order valence-electron chi connectivity index (χ3n) is 3.81. The zero-order valence-electron chi connectivity index (χ0n) is 14.5. The summed E-state index contributed by atoms with van der Waals surface area (Å²) in [5, 5.41) is 2.11. The maximum Gasteiger partial charge on any atom is 0.276 e. The summed E-state index contributed by atoms with van der Waals surface area (Å²) in [7, 11) is 1.47. The Morgan fingerprint density at radius 2 is 1.74 bits per heavy atom. The molecule has 0 aromatic heterocycles. The van der Waals surface area contributed by atoms with E-state index in [1.54, 1.807) is 24.3 Å². The third kappa shape index (κ3) is 4.77. The van der Waals surface area contributed by atoms with Gasteiger partial charge in [-0.25, -0.2) is 0 Å². The molecule has 138 valence electrons. The minimum Gasteiger partial charge on any atom is -0.496 e. The van der Waals surface area contributed by atoms with Gasteiger partial charge in [-0.15, -0.1) is 0 Å². The van der Waals surface area contributed by atoms with Crippen LogP contribution < -0.4 is 20.3 Å². The quantitative estimate of drug-likeness (QED) is 0.610. The molecule has 27 heavy (non-hydrogen) atoms. The van der Waals surface area contributed by atoms with E-state index in [0.29, 0.717) is 17.1 Å². The van der Waals surface area contributed by atoms with Gasteiger partial charge >= 0.3 is 0 Å². The van der Waals surface area contributed by atoms with Crippen molar-refractivity contribution in [2.24, 2.45) is 0 Å². The molecule has 0 spiro atoms. The molecule has 3 aromatic carbocycles. The predicted octanol–water partition coefficient (Wildman–Crippen LogP) is 3.45. The maximum atomic E-state index is 12.2. The Labute approximate surface area is 164 Å². The Morgan fingerprint density at radius 1 is 0.963 bits per heavy atom. The molecule has 6 nitrogen and oxygen atoms in total. The van der Waals surface area contributed by atoms with Gasteiger partial charge in [0.25, 0.3) is 11.8 Å². The van der Waals surface area contributed by atoms with E-state index in [-0.39, 0.29) is 6.61 Å². The average molecular weight is 429 g/mol. The lowest BCUT2D eigenvalue weighted by atomic mass is 10.1. The first-order valence-electron chi connectivity index (χ1n) is 8.11. The van der Waals surface area contributed by atoms with Gasteiger partial charge in [-0.2, -0.15) is 0 Å². The van der Waals surface area contributed by atoms with Gasteiger partial charge in [0.15, 0.2) is 6.61 Å². The third-order valence-corrected chi connectivity index (χ3v) is 4.31. The highest BCUT2D eigenvalue weighted by molar-refractivity contribution is 9.10. The van der Waals surface area contributed by atoms with Crippen molar-refractivity contribution in [2.75, 3.05) is 13.7 Å². The van der Waals surface area contributed by atoms with Crippen LogP contribution in [0.15, 0.2) is 65.1 Å². The summed E-state index contributed by atoms with van der Waals surface area (Å²) >= 11 is 3.30. The van der Waals surface area contributed by atoms with Crippen LogP contribution in [-0.2, 0) is 4.79 Å². The molecule has 2 N–H and O–H groups in total. The summed E-state index contributed by atoms with van der Waals surface area (Å²) in [6, 6.07) is 18.4. The van der Waals surface area contributed by atoms with Crippen molar-refractivity contribution in [3.8, 4) is 11.5 Å². The smallest absolute Gasteiger partial charge is 0.276 e. The highest BCUT2D eigenvalue weighted by Gasteiger charge is 2.14. The lowest BCUT2D eigenvalue weighted by Crippen LogP contribution is -2.43. The molecule has 3 aromatic rings. The molecule has 0 fully saturated rings. The number of benzene rings is 3. The predicted molar refractivity (Wildman–Crippen MR) is 106 cm³/mol. The number of rotatable bonds is 5. The van der Waals surface area contributed by atoms with Crippen molar-refractivity contribution in [1.82, 2.24) is 10.9 Å². The van der Waals surface area contributed by atoms with Crippen LogP contribution in [0.5, 0.6) is 11.5 Å². The molecule has 0 aliphatic heterocycles. The fourth-order valence-electron chi connectivity index (χ4n) is 2.49. The molecule has 0 saturated heterocycles. The van der Waals surface area contributed by atoms with Gasteiger partial charge in [0.05, 0.1) is 12.7 Å². The maximum absolute atomic E-state index is 12.2. The van der Waals surface area contributed by atoms with Gasteiger partial charge in [-0.1, -0.05) is 46.3 Å². The molecule has 0 aliphatic carbocycles. The minimum atomic E-state index is -0.493. The fourth-order valence-corrected chi connectivity index (χ4v) is 2.85. The van der Waals surface area contributed by atoms with Crippen molar-refractivity contribution in [3.63, 3.8) is 0 Å². The molecular formula is C20H17BrN2O4. The van der Waals surface area contributed by atoms with Crippen LogP contribution in [0.1, 0.15) is 10.4 Å². The summed E-state index contributed by atoms with van der Waals surface area (Å²) in [5.74, 6) is -0.00104. The Morgan fingerprint density at radius 3 is 2.52 bits per heavy atom. The van der Waals surface area contributed by atoms with Crippen LogP contribution in [-0.4, -0.2) is 25.5 Å². The van der Waals surface area contributed by atoms with Crippen LogP contribution in [0.3, 0.4) is 0 Å². The first-order valence-corrected chi connectivity index (χ1v) is 8.90. The highest BCUT2D eigenvalue weighted by atomic mass is 79.9. The number of ether oxygens (including phenoxy) is 2. The van der Waals surface area contributed by atoms with Crippen molar-refractivity contribution in [1.29, 1.82) is 0 Å². The summed E-state index contributed by atoms with van der Waals surface area (Å²) in [5.41, 5.74) is 4.97. The molecule has 0 radical (unpaired) electrons. The van der Waals surface area contributed by atoms with E-state index in [9.17, 15) is 9.59 Å². The van der Waals surface area contributed by atoms with Gasteiger partial charge in [0, 0.05) is 4.47 Å². The van der Waals surface area contributed by atoms with Crippen LogP contribution in [0.2, 0.25) is 0 Å². The SMILES string of the molecule is COc1ccc(Br)cc1C(=O)NNC(=O)COc1ccc2ccccc2c1. The molecule has 7 heteroatoms. The fraction of sp³-hybridized carbons (Fsp3) is 0.100. The lowest BCUT2D eigenvalue weighted by Gasteiger charge is -2.11. The van der Waals surface area contributed by atoms with Crippen molar-refractivity contribution in [2.45, 2.75) is 0 Å². The van der Waals surface area contributed by atoms with E-state index in [4.69, 9.17) is 9.47 Å². The van der Waals surface area contributed by atoms with Crippen molar-refractivity contribution < 1.29 is 19.1 Å². The molecule has 0 bridgehead atoms. The minimum absolute atomic E-state index is 0.228. The standard InChI is InChI=1S/C20H17BrN2O4/c1-26-18-9-7-15(21)11-17(18)20(25)23-22-19(24)12-27-16-8-6-13-4-2-3-5-14(13)10-16/h2-11H,12H2,1H3,(H,22,24)(H,23,25). The van der Waals surface area contributed by atoms with Gasteiger partial charge in [-0.3, -0.25) is 20.4 Å². The summed E-state index contributed by atoms with van der Waals surface area (Å²) in [4.78, 5) is 24.2. The number of hydrogen-bond donors (Lipinski definition) is 2. The summed E-state index contributed by atoms with van der Waals surface area (Å²) in [6.45, 7) is -0.228. The van der Waals surface area contributed by atoms with Crippen molar-refractivity contribution in [3.05, 3.63) is 70.7 Å². The number of hydrogen-bond acceptors (Lipinski definition) is 4.